The zero-order valence-corrected chi connectivity index (χ0v) is 13.1. The lowest BCUT2D eigenvalue weighted by Gasteiger charge is -2.15. The molecule has 0 saturated heterocycles. The lowest BCUT2D eigenvalue weighted by molar-refractivity contribution is -0.122. The molecular weight excluding hydrogens is 286 g/mol. The highest BCUT2D eigenvalue weighted by Crippen LogP contribution is 2.23. The summed E-state index contributed by atoms with van der Waals surface area (Å²) in [7, 11) is 0. The molecule has 2 aromatic carbocycles. The van der Waals surface area contributed by atoms with E-state index in [2.05, 4.69) is 5.32 Å². The Balaban J connectivity index is 2.02. The number of aryl methyl sites for hydroxylation is 2. The Hall–Kier alpha value is -2.00. The van der Waals surface area contributed by atoms with Gasteiger partial charge >= 0.3 is 0 Å². The Morgan fingerprint density at radius 3 is 2.38 bits per heavy atom. The average Bonchev–Trinajstić information content (AvgIpc) is 2.45. The molecule has 0 heterocycles. The van der Waals surface area contributed by atoms with Gasteiger partial charge in [0.1, 0.15) is 5.75 Å². The van der Waals surface area contributed by atoms with Crippen molar-refractivity contribution in [1.29, 1.82) is 0 Å². The van der Waals surface area contributed by atoms with Gasteiger partial charge in [0.05, 0.1) is 10.7 Å². The van der Waals surface area contributed by atoms with Crippen molar-refractivity contribution in [2.24, 2.45) is 0 Å². The summed E-state index contributed by atoms with van der Waals surface area (Å²) >= 11 is 6.07. The van der Waals surface area contributed by atoms with Gasteiger partial charge in [0.2, 0.25) is 0 Å². The molecule has 0 spiro atoms. The lowest BCUT2D eigenvalue weighted by Crippen LogP contribution is -2.30. The van der Waals surface area contributed by atoms with Crippen LogP contribution < -0.4 is 10.1 Å². The van der Waals surface area contributed by atoms with E-state index in [1.165, 1.54) is 0 Å². The van der Waals surface area contributed by atoms with Crippen LogP contribution in [0.25, 0.3) is 0 Å². The molecule has 0 radical (unpaired) electrons. The average molecular weight is 304 g/mol. The normalized spacial score (nSPS) is 11.8. The van der Waals surface area contributed by atoms with Crippen LogP contribution in [0.15, 0.2) is 42.5 Å². The smallest absolute Gasteiger partial charge is 0.265 e. The predicted octanol–water partition coefficient (Wildman–Crippen LogP) is 4.36. The van der Waals surface area contributed by atoms with E-state index < -0.39 is 6.10 Å². The highest BCUT2D eigenvalue weighted by Gasteiger charge is 2.16. The molecule has 0 aliphatic carbocycles. The molecule has 1 amide bonds. The van der Waals surface area contributed by atoms with Crippen LogP contribution in [0.1, 0.15) is 18.1 Å². The van der Waals surface area contributed by atoms with Crippen LogP contribution in [0.2, 0.25) is 5.02 Å². The fourth-order valence-corrected chi connectivity index (χ4v) is 2.01. The van der Waals surface area contributed by atoms with E-state index >= 15 is 0 Å². The van der Waals surface area contributed by atoms with Gasteiger partial charge in [-0.15, -0.1) is 0 Å². The molecule has 2 rings (SSSR count). The number of nitrogens with one attached hydrogen (secondary N) is 1. The van der Waals surface area contributed by atoms with Gasteiger partial charge in [-0.1, -0.05) is 35.4 Å². The number of rotatable bonds is 4. The van der Waals surface area contributed by atoms with Crippen molar-refractivity contribution in [2.75, 3.05) is 5.32 Å². The molecule has 0 saturated carbocycles. The van der Waals surface area contributed by atoms with Crippen molar-refractivity contribution in [3.8, 4) is 5.75 Å². The molecule has 110 valence electrons. The molecule has 21 heavy (non-hydrogen) atoms. The van der Waals surface area contributed by atoms with E-state index in [1.54, 1.807) is 13.0 Å². The summed E-state index contributed by atoms with van der Waals surface area (Å²) in [6.07, 6.45) is -0.607. The monoisotopic (exact) mass is 303 g/mol. The van der Waals surface area contributed by atoms with Gasteiger partial charge in [0.15, 0.2) is 6.10 Å². The standard InChI is InChI=1S/C17H18ClNO2/c1-11-4-7-14(8-5-11)21-13(3)17(20)19-16-10-12(2)6-9-15(16)18/h4-10,13H,1-3H3,(H,19,20). The largest absolute Gasteiger partial charge is 0.481 e. The molecule has 1 unspecified atom stereocenters. The number of anilines is 1. The molecule has 0 aliphatic heterocycles. The van der Waals surface area contributed by atoms with E-state index in [1.807, 2.05) is 50.2 Å². The molecule has 3 nitrogen and oxygen atoms in total. The maximum Gasteiger partial charge on any atom is 0.265 e. The first kappa shape index (κ1) is 15.4. The third-order valence-corrected chi connectivity index (χ3v) is 3.41. The molecular formula is C17H18ClNO2. The minimum absolute atomic E-state index is 0.233. The van der Waals surface area contributed by atoms with Gasteiger partial charge in [0, 0.05) is 0 Å². The Morgan fingerprint density at radius 2 is 1.71 bits per heavy atom. The molecule has 2 aromatic rings. The third kappa shape index (κ3) is 4.23. The SMILES string of the molecule is Cc1ccc(OC(C)C(=O)Nc2cc(C)ccc2Cl)cc1. The second-order valence-electron chi connectivity index (χ2n) is 5.05. The van der Waals surface area contributed by atoms with Crippen LogP contribution in [0.5, 0.6) is 5.75 Å². The molecule has 1 N–H and O–H groups in total. The summed E-state index contributed by atoms with van der Waals surface area (Å²) in [6.45, 7) is 5.65. The van der Waals surface area contributed by atoms with E-state index in [9.17, 15) is 4.79 Å². The van der Waals surface area contributed by atoms with Crippen LogP contribution >= 0.6 is 11.6 Å². The van der Waals surface area contributed by atoms with Gasteiger partial charge < -0.3 is 10.1 Å². The first-order chi connectivity index (χ1) is 9.95. The van der Waals surface area contributed by atoms with Crippen LogP contribution in [0, 0.1) is 13.8 Å². The van der Waals surface area contributed by atoms with E-state index in [-0.39, 0.29) is 5.91 Å². The summed E-state index contributed by atoms with van der Waals surface area (Å²) < 4.78 is 5.62. The number of hydrogen-bond donors (Lipinski definition) is 1. The van der Waals surface area contributed by atoms with Gasteiger partial charge in [-0.3, -0.25) is 4.79 Å². The van der Waals surface area contributed by atoms with Crippen LogP contribution in [0.3, 0.4) is 0 Å². The Labute approximate surface area is 129 Å². The summed E-state index contributed by atoms with van der Waals surface area (Å²) in [4.78, 5) is 12.2. The topological polar surface area (TPSA) is 38.3 Å². The summed E-state index contributed by atoms with van der Waals surface area (Å²) in [5, 5.41) is 3.30. The molecule has 4 heteroatoms. The summed E-state index contributed by atoms with van der Waals surface area (Å²) in [5.74, 6) is 0.432. The molecule has 0 aliphatic rings. The number of ether oxygens (including phenoxy) is 1. The van der Waals surface area contributed by atoms with Crippen molar-refractivity contribution < 1.29 is 9.53 Å². The molecule has 0 fully saturated rings. The van der Waals surface area contributed by atoms with Crippen LogP contribution in [0.4, 0.5) is 5.69 Å². The molecule has 0 aromatic heterocycles. The second-order valence-corrected chi connectivity index (χ2v) is 5.45. The number of hydrogen-bond acceptors (Lipinski definition) is 2. The minimum atomic E-state index is -0.607. The maximum atomic E-state index is 12.2. The van der Waals surface area contributed by atoms with Gasteiger partial charge in [-0.25, -0.2) is 0 Å². The second kappa shape index (κ2) is 6.64. The van der Waals surface area contributed by atoms with Crippen LogP contribution in [-0.2, 0) is 4.79 Å². The van der Waals surface area contributed by atoms with Crippen LogP contribution in [-0.4, -0.2) is 12.0 Å². The zero-order valence-electron chi connectivity index (χ0n) is 12.3. The fraction of sp³-hybridized carbons (Fsp3) is 0.235. The van der Waals surface area contributed by atoms with Crippen molar-refractivity contribution in [3.63, 3.8) is 0 Å². The third-order valence-electron chi connectivity index (χ3n) is 3.08. The molecule has 1 atom stereocenters. The van der Waals surface area contributed by atoms with E-state index in [0.717, 1.165) is 11.1 Å². The van der Waals surface area contributed by atoms with E-state index in [0.29, 0.717) is 16.5 Å². The maximum absolute atomic E-state index is 12.2. The molecule has 0 bridgehead atoms. The van der Waals surface area contributed by atoms with Crippen molar-refractivity contribution in [1.82, 2.24) is 0 Å². The number of benzene rings is 2. The number of carbonyl (C=O) groups is 1. The van der Waals surface area contributed by atoms with E-state index in [4.69, 9.17) is 16.3 Å². The van der Waals surface area contributed by atoms with Gasteiger partial charge in [-0.05, 0) is 50.6 Å². The van der Waals surface area contributed by atoms with Crippen molar-refractivity contribution in [2.45, 2.75) is 26.9 Å². The fourth-order valence-electron chi connectivity index (χ4n) is 1.84. The number of carbonyl (C=O) groups excluding carboxylic acids is 1. The van der Waals surface area contributed by atoms with Crippen molar-refractivity contribution >= 4 is 23.2 Å². The van der Waals surface area contributed by atoms with Gasteiger partial charge in [-0.2, -0.15) is 0 Å². The first-order valence-electron chi connectivity index (χ1n) is 6.76. The lowest BCUT2D eigenvalue weighted by atomic mass is 10.2. The Morgan fingerprint density at radius 1 is 1.10 bits per heavy atom. The summed E-state index contributed by atoms with van der Waals surface area (Å²) in [5.41, 5.74) is 2.77. The predicted molar refractivity (Wildman–Crippen MR) is 86.1 cm³/mol. The highest BCUT2D eigenvalue weighted by atomic mass is 35.5. The number of amides is 1. The number of halogens is 1. The highest BCUT2D eigenvalue weighted by molar-refractivity contribution is 6.33. The minimum Gasteiger partial charge on any atom is -0.481 e. The quantitative estimate of drug-likeness (QED) is 0.911. The van der Waals surface area contributed by atoms with Gasteiger partial charge in [0.25, 0.3) is 5.91 Å². The zero-order chi connectivity index (χ0) is 15.4. The van der Waals surface area contributed by atoms with Crippen molar-refractivity contribution in [3.05, 3.63) is 58.6 Å². The summed E-state index contributed by atoms with van der Waals surface area (Å²) in [6, 6.07) is 13.1. The Bertz CT molecular complexity index is 638. The first-order valence-corrected chi connectivity index (χ1v) is 7.14. The Kier molecular flexibility index (Phi) is 4.86.